The number of anilines is 1. The van der Waals surface area contributed by atoms with Crippen molar-refractivity contribution in [3.63, 3.8) is 0 Å². The molecule has 0 aliphatic heterocycles. The van der Waals surface area contributed by atoms with E-state index >= 15 is 0 Å². The Kier molecular flexibility index (Phi) is 8.45. The fourth-order valence-corrected chi connectivity index (χ4v) is 5.34. The van der Waals surface area contributed by atoms with Crippen LogP contribution >= 0.6 is 0 Å². The fourth-order valence-electron chi connectivity index (χ4n) is 3.73. The molecule has 1 saturated carbocycles. The van der Waals surface area contributed by atoms with Crippen molar-refractivity contribution in [3.05, 3.63) is 53.8 Å². The van der Waals surface area contributed by atoms with Gasteiger partial charge in [-0.25, -0.2) is 12.8 Å². The van der Waals surface area contributed by atoms with E-state index in [2.05, 4.69) is 10.2 Å². The zero-order chi connectivity index (χ0) is 24.0. The Balaban J connectivity index is 1.76. The Bertz CT molecular complexity index is 1050. The van der Waals surface area contributed by atoms with E-state index in [1.54, 1.807) is 45.0 Å². The molecular weight excluding hydrogens is 445 g/mol. The summed E-state index contributed by atoms with van der Waals surface area (Å²) in [5.41, 5.74) is 1.33. The second-order valence-electron chi connectivity index (χ2n) is 7.99. The Morgan fingerprint density at radius 2 is 1.76 bits per heavy atom. The molecule has 2 aromatic carbocycles. The standard InChI is InChI=1S/C24H32FN3O4S/c1-4-28(5-2)33(30,31)23-15-20(11-14-22(23)32-6-3)26-24(29)17-27(21-12-13-21)16-18-7-9-19(25)10-8-18/h7-11,14-15,21H,4-6,12-13,16-17H2,1-3H3,(H,26,29). The van der Waals surface area contributed by atoms with Crippen molar-refractivity contribution >= 4 is 21.6 Å². The van der Waals surface area contributed by atoms with Gasteiger partial charge in [0.15, 0.2) is 0 Å². The molecule has 0 bridgehead atoms. The zero-order valence-corrected chi connectivity index (χ0v) is 20.2. The topological polar surface area (TPSA) is 79.0 Å². The van der Waals surface area contributed by atoms with E-state index in [-0.39, 0.29) is 28.9 Å². The van der Waals surface area contributed by atoms with Crippen LogP contribution in [0.25, 0.3) is 0 Å². The van der Waals surface area contributed by atoms with E-state index < -0.39 is 10.0 Å². The lowest BCUT2D eigenvalue weighted by atomic mass is 10.2. The summed E-state index contributed by atoms with van der Waals surface area (Å²) < 4.78 is 46.4. The third-order valence-corrected chi connectivity index (χ3v) is 7.63. The number of sulfonamides is 1. The lowest BCUT2D eigenvalue weighted by molar-refractivity contribution is -0.117. The molecule has 1 N–H and O–H groups in total. The molecule has 33 heavy (non-hydrogen) atoms. The Morgan fingerprint density at radius 3 is 2.33 bits per heavy atom. The lowest BCUT2D eigenvalue weighted by Gasteiger charge is -2.22. The smallest absolute Gasteiger partial charge is 0.246 e. The quantitative estimate of drug-likeness (QED) is 0.502. The molecule has 0 radical (unpaired) electrons. The third-order valence-electron chi connectivity index (χ3n) is 5.56. The minimum Gasteiger partial charge on any atom is -0.492 e. The molecule has 0 unspecified atom stereocenters. The van der Waals surface area contributed by atoms with Crippen molar-refractivity contribution in [1.82, 2.24) is 9.21 Å². The molecule has 0 spiro atoms. The first-order chi connectivity index (χ1) is 15.8. The maximum absolute atomic E-state index is 13.2. The van der Waals surface area contributed by atoms with Crippen molar-refractivity contribution < 1.29 is 22.3 Å². The van der Waals surface area contributed by atoms with Crippen LogP contribution < -0.4 is 10.1 Å². The van der Waals surface area contributed by atoms with Crippen LogP contribution in [-0.2, 0) is 21.4 Å². The van der Waals surface area contributed by atoms with Gasteiger partial charge in [-0.05, 0) is 55.7 Å². The molecule has 0 heterocycles. The van der Waals surface area contributed by atoms with E-state index in [0.29, 0.717) is 38.0 Å². The van der Waals surface area contributed by atoms with Crippen LogP contribution in [-0.4, -0.2) is 55.8 Å². The van der Waals surface area contributed by atoms with Gasteiger partial charge in [-0.3, -0.25) is 9.69 Å². The monoisotopic (exact) mass is 477 g/mol. The minimum absolute atomic E-state index is 0.0382. The summed E-state index contributed by atoms with van der Waals surface area (Å²) in [7, 11) is -3.77. The molecule has 0 atom stereocenters. The average Bonchev–Trinajstić information content (AvgIpc) is 3.62. The first-order valence-electron chi connectivity index (χ1n) is 11.3. The lowest BCUT2D eigenvalue weighted by Crippen LogP contribution is -2.34. The second-order valence-corrected chi connectivity index (χ2v) is 9.90. The van der Waals surface area contributed by atoms with Crippen LogP contribution in [0.3, 0.4) is 0 Å². The number of rotatable bonds is 12. The number of benzene rings is 2. The number of amides is 1. The summed E-state index contributed by atoms with van der Waals surface area (Å²) in [5.74, 6) is -0.266. The number of nitrogens with one attached hydrogen (secondary N) is 1. The highest BCUT2D eigenvalue weighted by atomic mass is 32.2. The minimum atomic E-state index is -3.77. The normalized spacial score (nSPS) is 14.0. The molecule has 2 aromatic rings. The SMILES string of the molecule is CCOc1ccc(NC(=O)CN(Cc2ccc(F)cc2)C2CC2)cc1S(=O)(=O)N(CC)CC. The Labute approximate surface area is 195 Å². The van der Waals surface area contributed by atoms with E-state index in [1.807, 2.05) is 0 Å². The highest BCUT2D eigenvalue weighted by Crippen LogP contribution is 2.31. The number of hydrogen-bond acceptors (Lipinski definition) is 5. The number of carbonyl (C=O) groups excluding carboxylic acids is 1. The highest BCUT2D eigenvalue weighted by molar-refractivity contribution is 7.89. The molecule has 3 rings (SSSR count). The predicted octanol–water partition coefficient (Wildman–Crippen LogP) is 3.86. The Morgan fingerprint density at radius 1 is 1.09 bits per heavy atom. The van der Waals surface area contributed by atoms with E-state index in [0.717, 1.165) is 18.4 Å². The second kappa shape index (κ2) is 11.1. The van der Waals surface area contributed by atoms with Crippen LogP contribution in [0.5, 0.6) is 5.75 Å². The van der Waals surface area contributed by atoms with Gasteiger partial charge in [-0.2, -0.15) is 4.31 Å². The summed E-state index contributed by atoms with van der Waals surface area (Å²) >= 11 is 0. The molecule has 9 heteroatoms. The fraction of sp³-hybridized carbons (Fsp3) is 0.458. The molecule has 0 aromatic heterocycles. The van der Waals surface area contributed by atoms with E-state index in [1.165, 1.54) is 22.5 Å². The number of hydrogen-bond donors (Lipinski definition) is 1. The van der Waals surface area contributed by atoms with Crippen molar-refractivity contribution in [2.45, 2.75) is 51.1 Å². The molecule has 7 nitrogen and oxygen atoms in total. The molecule has 180 valence electrons. The summed E-state index contributed by atoms with van der Waals surface area (Å²) in [4.78, 5) is 14.9. The molecule has 1 aliphatic rings. The van der Waals surface area contributed by atoms with E-state index in [4.69, 9.17) is 4.74 Å². The average molecular weight is 478 g/mol. The zero-order valence-electron chi connectivity index (χ0n) is 19.4. The number of halogens is 1. The van der Waals surface area contributed by atoms with Crippen LogP contribution in [0.4, 0.5) is 10.1 Å². The summed E-state index contributed by atoms with van der Waals surface area (Å²) in [6, 6.07) is 11.3. The van der Waals surface area contributed by atoms with Gasteiger partial charge in [0.2, 0.25) is 15.9 Å². The van der Waals surface area contributed by atoms with Gasteiger partial charge in [-0.15, -0.1) is 0 Å². The number of nitrogens with zero attached hydrogens (tertiary/aromatic N) is 2. The van der Waals surface area contributed by atoms with Gasteiger partial charge in [0.25, 0.3) is 0 Å². The van der Waals surface area contributed by atoms with Gasteiger partial charge in [0.1, 0.15) is 16.5 Å². The van der Waals surface area contributed by atoms with Gasteiger partial charge in [0.05, 0.1) is 13.2 Å². The molecule has 1 amide bonds. The van der Waals surface area contributed by atoms with Gasteiger partial charge in [-0.1, -0.05) is 26.0 Å². The highest BCUT2D eigenvalue weighted by Gasteiger charge is 2.31. The maximum Gasteiger partial charge on any atom is 0.246 e. The predicted molar refractivity (Wildman–Crippen MR) is 126 cm³/mol. The van der Waals surface area contributed by atoms with Crippen molar-refractivity contribution in [1.29, 1.82) is 0 Å². The molecule has 1 fully saturated rings. The molecule has 1 aliphatic carbocycles. The summed E-state index contributed by atoms with van der Waals surface area (Å²) in [6.45, 7) is 7.04. The first-order valence-corrected chi connectivity index (χ1v) is 12.8. The third kappa shape index (κ3) is 6.52. The van der Waals surface area contributed by atoms with Crippen molar-refractivity contribution in [2.24, 2.45) is 0 Å². The van der Waals surface area contributed by atoms with Crippen LogP contribution in [0.1, 0.15) is 39.2 Å². The van der Waals surface area contributed by atoms with Crippen LogP contribution in [0, 0.1) is 5.82 Å². The Hall–Kier alpha value is -2.49. The number of carbonyl (C=O) groups is 1. The first kappa shape index (κ1) is 25.1. The molecular formula is C24H32FN3O4S. The summed E-state index contributed by atoms with van der Waals surface area (Å²) in [6.07, 6.45) is 2.04. The van der Waals surface area contributed by atoms with E-state index in [9.17, 15) is 17.6 Å². The maximum atomic E-state index is 13.2. The van der Waals surface area contributed by atoms with Gasteiger partial charge >= 0.3 is 0 Å². The summed E-state index contributed by atoms with van der Waals surface area (Å²) in [5, 5.41) is 2.83. The van der Waals surface area contributed by atoms with Gasteiger partial charge < -0.3 is 10.1 Å². The molecule has 0 saturated heterocycles. The van der Waals surface area contributed by atoms with Crippen LogP contribution in [0.15, 0.2) is 47.4 Å². The largest absolute Gasteiger partial charge is 0.492 e. The van der Waals surface area contributed by atoms with Crippen molar-refractivity contribution in [2.75, 3.05) is 31.6 Å². The van der Waals surface area contributed by atoms with Crippen molar-refractivity contribution in [3.8, 4) is 5.75 Å². The number of ether oxygens (including phenoxy) is 1. The van der Waals surface area contributed by atoms with Gasteiger partial charge in [0, 0.05) is 31.4 Å². The van der Waals surface area contributed by atoms with Crippen LogP contribution in [0.2, 0.25) is 0 Å².